The lowest BCUT2D eigenvalue weighted by atomic mass is 9.49. The van der Waals surface area contributed by atoms with Crippen molar-refractivity contribution < 1.29 is 38.9 Å². The number of fused-ring (bicyclic) bond motifs is 4. The molecule has 0 aromatic heterocycles. The van der Waals surface area contributed by atoms with E-state index in [-0.39, 0.29) is 43.4 Å². The minimum Gasteiger partial charge on any atom is -0.508 e. The molecule has 2 saturated heterocycles. The van der Waals surface area contributed by atoms with Crippen LogP contribution in [0.4, 0.5) is 5.69 Å². The molecule has 7 rings (SSSR count). The second-order valence-corrected chi connectivity index (χ2v) is 14.0. The number of benzene rings is 3. The van der Waals surface area contributed by atoms with E-state index in [4.69, 9.17) is 9.84 Å². The molecule has 264 valence electrons. The number of ether oxygens (including phenoxy) is 1. The van der Waals surface area contributed by atoms with Crippen molar-refractivity contribution in [1.82, 2.24) is 9.91 Å². The Morgan fingerprint density at radius 2 is 1.67 bits per heavy atom. The first-order valence-electron chi connectivity index (χ1n) is 17.5. The minimum atomic E-state index is -1.49. The zero-order chi connectivity index (χ0) is 36.0. The van der Waals surface area contributed by atoms with Crippen LogP contribution in [-0.2, 0) is 29.4 Å². The van der Waals surface area contributed by atoms with Crippen molar-refractivity contribution >= 4 is 35.3 Å². The van der Waals surface area contributed by atoms with E-state index in [1.165, 1.54) is 18.1 Å². The molecule has 0 bridgehead atoms. The van der Waals surface area contributed by atoms with Crippen LogP contribution in [0.2, 0.25) is 0 Å². The van der Waals surface area contributed by atoms with Crippen molar-refractivity contribution in [2.24, 2.45) is 23.7 Å². The van der Waals surface area contributed by atoms with Crippen LogP contribution in [0.25, 0.3) is 0 Å². The zero-order valence-corrected chi connectivity index (χ0v) is 28.6. The van der Waals surface area contributed by atoms with Gasteiger partial charge in [0.2, 0.25) is 11.8 Å². The summed E-state index contributed by atoms with van der Waals surface area (Å²) in [5.41, 5.74) is 4.94. The summed E-state index contributed by atoms with van der Waals surface area (Å²) in [5, 5.41) is 21.7. The van der Waals surface area contributed by atoms with Gasteiger partial charge in [-0.15, -0.1) is 0 Å². The smallest absolute Gasteiger partial charge is 0.303 e. The molecule has 3 aromatic rings. The van der Waals surface area contributed by atoms with Gasteiger partial charge in [-0.05, 0) is 62.3 Å². The van der Waals surface area contributed by atoms with Gasteiger partial charge in [-0.25, -0.2) is 0 Å². The molecule has 0 spiro atoms. The van der Waals surface area contributed by atoms with Gasteiger partial charge in [0.15, 0.2) is 0 Å². The van der Waals surface area contributed by atoms with Crippen LogP contribution in [0.15, 0.2) is 84.4 Å². The van der Waals surface area contributed by atoms with Crippen molar-refractivity contribution in [1.29, 1.82) is 0 Å². The lowest BCUT2D eigenvalue weighted by Gasteiger charge is -2.50. The first-order chi connectivity index (χ1) is 24.6. The summed E-state index contributed by atoms with van der Waals surface area (Å²) in [6.45, 7) is 2.14. The van der Waals surface area contributed by atoms with Crippen LogP contribution < -0.4 is 10.2 Å². The van der Waals surface area contributed by atoms with Gasteiger partial charge in [-0.2, -0.15) is 5.01 Å². The molecule has 0 radical (unpaired) electrons. The maximum Gasteiger partial charge on any atom is 0.303 e. The highest BCUT2D eigenvalue weighted by molar-refractivity contribution is 6.13. The molecule has 3 fully saturated rings. The Hall–Kier alpha value is -5.45. The van der Waals surface area contributed by atoms with Gasteiger partial charge in [0.25, 0.3) is 11.8 Å². The molecule has 6 atom stereocenters. The molecular weight excluding hydrogens is 650 g/mol. The van der Waals surface area contributed by atoms with Gasteiger partial charge < -0.3 is 14.9 Å². The van der Waals surface area contributed by atoms with E-state index in [2.05, 4.69) is 5.43 Å². The Bertz CT molecular complexity index is 1930. The monoisotopic (exact) mass is 691 g/mol. The maximum atomic E-state index is 15.2. The third-order valence-electron chi connectivity index (χ3n) is 11.3. The molecule has 3 aromatic carbocycles. The average Bonchev–Trinajstić information content (AvgIpc) is 3.50. The molecule has 2 aliphatic heterocycles. The average molecular weight is 692 g/mol. The third kappa shape index (κ3) is 5.55. The molecule has 2 heterocycles. The Kier molecular flexibility index (Phi) is 8.91. The number of unbranched alkanes of at least 4 members (excludes halogenated alkanes) is 2. The first kappa shape index (κ1) is 34.0. The highest BCUT2D eigenvalue weighted by atomic mass is 16.5. The number of phenols is 1. The number of imide groups is 2. The Morgan fingerprint density at radius 1 is 0.922 bits per heavy atom. The Morgan fingerprint density at radius 3 is 2.35 bits per heavy atom. The van der Waals surface area contributed by atoms with E-state index in [1.807, 2.05) is 55.5 Å². The van der Waals surface area contributed by atoms with Crippen molar-refractivity contribution in [2.75, 3.05) is 19.1 Å². The second-order valence-electron chi connectivity index (χ2n) is 14.0. The number of phenolic OH excluding ortho intramolecular Hbond substituents is 1. The summed E-state index contributed by atoms with van der Waals surface area (Å²) in [6.07, 6.45) is 3.90. The van der Waals surface area contributed by atoms with Gasteiger partial charge >= 0.3 is 5.97 Å². The summed E-state index contributed by atoms with van der Waals surface area (Å²) in [5.74, 6) is -5.78. The molecule has 4 aliphatic rings. The number of nitrogens with zero attached hydrogens (tertiary/aromatic N) is 2. The topological polar surface area (TPSA) is 154 Å². The molecule has 51 heavy (non-hydrogen) atoms. The van der Waals surface area contributed by atoms with Crippen molar-refractivity contribution in [3.8, 4) is 11.5 Å². The number of nitrogens with one attached hydrogen (secondary N) is 1. The number of aliphatic carboxylic acids is 1. The van der Waals surface area contributed by atoms with E-state index in [0.717, 1.165) is 16.1 Å². The molecule has 4 amide bonds. The predicted molar refractivity (Wildman–Crippen MR) is 186 cm³/mol. The molecule has 3 N–H and O–H groups in total. The van der Waals surface area contributed by atoms with E-state index in [9.17, 15) is 24.3 Å². The second kappa shape index (κ2) is 13.4. The minimum absolute atomic E-state index is 0.0230. The van der Waals surface area contributed by atoms with Crippen LogP contribution in [0, 0.1) is 30.6 Å². The van der Waals surface area contributed by atoms with E-state index < -0.39 is 52.8 Å². The molecule has 1 saturated carbocycles. The summed E-state index contributed by atoms with van der Waals surface area (Å²) >= 11 is 0. The maximum absolute atomic E-state index is 15.2. The molecule has 11 heteroatoms. The number of carboxylic acid groups (broad SMARTS) is 1. The van der Waals surface area contributed by atoms with Crippen molar-refractivity contribution in [2.45, 2.75) is 56.8 Å². The highest BCUT2D eigenvalue weighted by Crippen LogP contribution is 2.65. The summed E-state index contributed by atoms with van der Waals surface area (Å²) in [7, 11) is 1.49. The summed E-state index contributed by atoms with van der Waals surface area (Å²) in [6, 6.07) is 21.4. The Labute approximate surface area is 295 Å². The number of likely N-dealkylation sites (tertiary alicyclic amines) is 1. The number of aryl methyl sites for hydroxylation is 1. The SMILES string of the molecule is COc1ccc(C2C3=CCC4C(=O)N(CCCCCC(=O)O)C(=O)C4C3CC3C(=O)N(Nc4ccc(C)cc4)C(=O)C32c2ccccc2)c(O)c1. The van der Waals surface area contributed by atoms with E-state index in [1.54, 1.807) is 24.3 Å². The quantitative estimate of drug-likeness (QED) is 0.137. The standard InChI is InChI=1S/C40H41N3O8/c1-23-12-14-25(15-13-23)41-43-37(48)31-22-30-27(18-19-29-34(30)38(49)42(36(29)47)20-8-4-7-11-33(45)46)35(28-17-16-26(51-2)21-32(28)44)40(31,39(43)50)24-9-5-3-6-10-24/h3,5-6,9-10,12-18,21,29-31,34-35,41,44H,4,7-8,11,19-20,22H2,1-2H3,(H,45,46). The number of carboxylic acids is 1. The number of carbonyl (C=O) groups excluding carboxylic acids is 4. The molecule has 11 nitrogen and oxygen atoms in total. The predicted octanol–water partition coefficient (Wildman–Crippen LogP) is 5.34. The van der Waals surface area contributed by atoms with E-state index >= 15 is 4.79 Å². The van der Waals surface area contributed by atoms with E-state index in [0.29, 0.717) is 41.8 Å². The van der Waals surface area contributed by atoms with Gasteiger partial charge in [-0.1, -0.05) is 72.2 Å². The van der Waals surface area contributed by atoms with Crippen molar-refractivity contribution in [3.63, 3.8) is 0 Å². The third-order valence-corrected chi connectivity index (χ3v) is 11.3. The van der Waals surface area contributed by atoms with Crippen LogP contribution in [-0.4, -0.2) is 63.4 Å². The number of amides is 4. The van der Waals surface area contributed by atoms with Gasteiger partial charge in [-0.3, -0.25) is 34.3 Å². The van der Waals surface area contributed by atoms with Crippen LogP contribution >= 0.6 is 0 Å². The van der Waals surface area contributed by atoms with Crippen LogP contribution in [0.5, 0.6) is 11.5 Å². The Balaban J connectivity index is 1.35. The number of hydrazine groups is 1. The lowest BCUT2D eigenvalue weighted by Crippen LogP contribution is -2.53. The number of allylic oxidation sites excluding steroid dienone is 2. The van der Waals surface area contributed by atoms with Crippen LogP contribution in [0.3, 0.4) is 0 Å². The van der Waals surface area contributed by atoms with Gasteiger partial charge in [0.1, 0.15) is 11.5 Å². The number of rotatable bonds is 11. The van der Waals surface area contributed by atoms with Crippen molar-refractivity contribution in [3.05, 3.63) is 101 Å². The molecule has 6 unspecified atom stereocenters. The normalized spacial score (nSPS) is 26.8. The number of hydrogen-bond donors (Lipinski definition) is 3. The molecular formula is C40H41N3O8. The first-order valence-corrected chi connectivity index (χ1v) is 17.5. The number of aromatic hydroxyl groups is 1. The molecule has 2 aliphatic carbocycles. The largest absolute Gasteiger partial charge is 0.508 e. The van der Waals surface area contributed by atoms with Gasteiger partial charge in [0.05, 0.1) is 36.0 Å². The fraction of sp³-hybridized carbons (Fsp3) is 0.375. The lowest BCUT2D eigenvalue weighted by molar-refractivity contribution is -0.141. The van der Waals surface area contributed by atoms with Crippen LogP contribution in [0.1, 0.15) is 61.1 Å². The fourth-order valence-electron chi connectivity index (χ4n) is 8.99. The van der Waals surface area contributed by atoms with Gasteiger partial charge in [0, 0.05) is 30.5 Å². The number of carbonyl (C=O) groups is 5. The summed E-state index contributed by atoms with van der Waals surface area (Å²) < 4.78 is 5.39. The fourth-order valence-corrected chi connectivity index (χ4v) is 8.99. The zero-order valence-electron chi connectivity index (χ0n) is 28.6. The number of methoxy groups -OCH3 is 1. The number of anilines is 1. The summed E-state index contributed by atoms with van der Waals surface area (Å²) in [4.78, 5) is 70.2. The number of hydrogen-bond acceptors (Lipinski definition) is 8. The highest BCUT2D eigenvalue weighted by Gasteiger charge is 2.70.